The predicted molar refractivity (Wildman–Crippen MR) is 167 cm³/mol. The van der Waals surface area contributed by atoms with Gasteiger partial charge in [0.2, 0.25) is 0 Å². The van der Waals surface area contributed by atoms with Crippen LogP contribution in [0, 0.1) is 0 Å². The number of nitrogens with two attached hydrogens (primary N) is 1. The van der Waals surface area contributed by atoms with E-state index in [0.717, 1.165) is 31.4 Å². The van der Waals surface area contributed by atoms with Gasteiger partial charge in [-0.2, -0.15) is 0 Å². The molecule has 0 saturated heterocycles. The molecule has 2 aliphatic carbocycles. The maximum absolute atomic E-state index is 5.95. The number of likely N-dealkylation sites (N-methyl/N-ethyl adjacent to an activating group) is 1. The van der Waals surface area contributed by atoms with Crippen LogP contribution in [0.25, 0.3) is 16.8 Å². The molecule has 0 radical (unpaired) electrons. The molecule has 202 valence electrons. The molecule has 2 aromatic carbocycles. The van der Waals surface area contributed by atoms with Crippen molar-refractivity contribution in [3.8, 4) is 11.3 Å². The van der Waals surface area contributed by atoms with Crippen molar-refractivity contribution in [1.29, 1.82) is 0 Å². The van der Waals surface area contributed by atoms with Crippen molar-refractivity contribution in [2.45, 2.75) is 51.5 Å². The number of anilines is 2. The summed E-state index contributed by atoms with van der Waals surface area (Å²) in [6.45, 7) is 4.53. The van der Waals surface area contributed by atoms with Crippen LogP contribution in [-0.2, 0) is 7.05 Å². The number of nitrogens with zero attached hydrogens (tertiary/aromatic N) is 3. The fourth-order valence-electron chi connectivity index (χ4n) is 5.59. The van der Waals surface area contributed by atoms with Crippen molar-refractivity contribution >= 4 is 16.9 Å². The molecule has 0 saturated carbocycles. The second-order valence-corrected chi connectivity index (χ2v) is 11.0. The maximum Gasteiger partial charge on any atom is 0.0504 e. The van der Waals surface area contributed by atoms with Crippen molar-refractivity contribution in [1.82, 2.24) is 9.47 Å². The lowest BCUT2D eigenvalue weighted by Gasteiger charge is -2.32. The Morgan fingerprint density at radius 3 is 2.15 bits per heavy atom. The summed E-state index contributed by atoms with van der Waals surface area (Å²) in [6.07, 6.45) is 15.3. The van der Waals surface area contributed by atoms with Gasteiger partial charge in [0.1, 0.15) is 0 Å². The Morgan fingerprint density at radius 1 is 0.897 bits per heavy atom. The monoisotopic (exact) mass is 518 g/mol. The van der Waals surface area contributed by atoms with E-state index in [2.05, 4.69) is 134 Å². The molecule has 1 aromatic heterocycles. The lowest BCUT2D eigenvalue weighted by Crippen LogP contribution is -2.30. The summed E-state index contributed by atoms with van der Waals surface area (Å²) in [5, 5.41) is 0. The normalized spacial score (nSPS) is 17.8. The lowest BCUT2D eigenvalue weighted by atomic mass is 9.98. The number of benzene rings is 2. The molecular weight excluding hydrogens is 476 g/mol. The first-order valence-corrected chi connectivity index (χ1v) is 14.2. The van der Waals surface area contributed by atoms with Gasteiger partial charge in [0, 0.05) is 55.3 Å². The fourth-order valence-corrected chi connectivity index (χ4v) is 5.59. The first-order valence-electron chi connectivity index (χ1n) is 14.2. The molecule has 2 aliphatic rings. The van der Waals surface area contributed by atoms with E-state index < -0.39 is 0 Å². The maximum atomic E-state index is 5.95. The van der Waals surface area contributed by atoms with E-state index in [1.54, 1.807) is 0 Å². The van der Waals surface area contributed by atoms with Crippen molar-refractivity contribution in [3.63, 3.8) is 0 Å². The number of aromatic nitrogens is 1. The smallest absolute Gasteiger partial charge is 0.0504 e. The summed E-state index contributed by atoms with van der Waals surface area (Å²) in [4.78, 5) is 4.64. The minimum atomic E-state index is 0.378. The van der Waals surface area contributed by atoms with Gasteiger partial charge in [0.25, 0.3) is 0 Å². The van der Waals surface area contributed by atoms with Crippen LogP contribution in [-0.4, -0.2) is 29.6 Å². The van der Waals surface area contributed by atoms with Gasteiger partial charge in [0.05, 0.1) is 6.04 Å². The number of allylic oxidation sites excluding steroid dienone is 6. The molecule has 0 amide bonds. The molecule has 0 spiro atoms. The van der Waals surface area contributed by atoms with Crippen LogP contribution in [0.15, 0.2) is 102 Å². The summed E-state index contributed by atoms with van der Waals surface area (Å²) in [7, 11) is 6.50. The molecule has 4 heteroatoms. The van der Waals surface area contributed by atoms with E-state index in [0.29, 0.717) is 12.0 Å². The Bertz CT molecular complexity index is 1420. The topological polar surface area (TPSA) is 37.4 Å². The van der Waals surface area contributed by atoms with Gasteiger partial charge in [0.15, 0.2) is 0 Å². The average molecular weight is 519 g/mol. The average Bonchev–Trinajstić information content (AvgIpc) is 3.37. The van der Waals surface area contributed by atoms with Gasteiger partial charge in [-0.15, -0.1) is 0 Å². The third kappa shape index (κ3) is 5.61. The molecule has 4 nitrogen and oxygen atoms in total. The second kappa shape index (κ2) is 11.4. The highest BCUT2D eigenvalue weighted by atomic mass is 15.1. The zero-order valence-corrected chi connectivity index (χ0v) is 24.1. The Hall–Kier alpha value is -3.92. The molecule has 0 aliphatic heterocycles. The van der Waals surface area contributed by atoms with Crippen molar-refractivity contribution < 1.29 is 0 Å². The van der Waals surface area contributed by atoms with Crippen LogP contribution in [0.1, 0.15) is 56.7 Å². The third-order valence-corrected chi connectivity index (χ3v) is 8.62. The third-order valence-electron chi connectivity index (χ3n) is 8.62. The van der Waals surface area contributed by atoms with Gasteiger partial charge in [-0.1, -0.05) is 56.3 Å². The molecule has 3 aromatic rings. The molecule has 2 N–H and O–H groups in total. The van der Waals surface area contributed by atoms with Gasteiger partial charge in [-0.3, -0.25) is 0 Å². The number of hydrogen-bond acceptors (Lipinski definition) is 3. The van der Waals surface area contributed by atoms with E-state index in [1.165, 1.54) is 45.2 Å². The second-order valence-electron chi connectivity index (χ2n) is 11.0. The van der Waals surface area contributed by atoms with E-state index >= 15 is 0 Å². The Labute approximate surface area is 234 Å². The fraction of sp³-hybridized carbons (Fsp3) is 0.314. The predicted octanol–water partition coefficient (Wildman–Crippen LogP) is 8.14. The molecule has 2 atom stereocenters. The quantitative estimate of drug-likeness (QED) is 0.327. The lowest BCUT2D eigenvalue weighted by molar-refractivity contribution is 0.339. The molecular formula is C35H42N4. The Morgan fingerprint density at radius 2 is 1.56 bits per heavy atom. The van der Waals surface area contributed by atoms with E-state index in [4.69, 9.17) is 5.73 Å². The zero-order valence-electron chi connectivity index (χ0n) is 24.1. The Balaban J connectivity index is 1.27. The molecule has 1 heterocycles. The van der Waals surface area contributed by atoms with Crippen molar-refractivity contribution in [2.24, 2.45) is 12.8 Å². The minimum absolute atomic E-state index is 0.378. The summed E-state index contributed by atoms with van der Waals surface area (Å²) in [6, 6.07) is 22.7. The summed E-state index contributed by atoms with van der Waals surface area (Å²) in [5.41, 5.74) is 17.0. The molecule has 5 rings (SSSR count). The van der Waals surface area contributed by atoms with Crippen molar-refractivity contribution in [3.05, 3.63) is 114 Å². The van der Waals surface area contributed by atoms with Gasteiger partial charge < -0.3 is 20.1 Å². The molecule has 0 fully saturated rings. The first kappa shape index (κ1) is 26.7. The van der Waals surface area contributed by atoms with Gasteiger partial charge in [-0.05, 0) is 96.9 Å². The summed E-state index contributed by atoms with van der Waals surface area (Å²) >= 11 is 0. The van der Waals surface area contributed by atoms with Crippen LogP contribution in [0.3, 0.4) is 0 Å². The molecule has 0 bridgehead atoms. The summed E-state index contributed by atoms with van der Waals surface area (Å²) < 4.78 is 2.31. The highest BCUT2D eigenvalue weighted by molar-refractivity contribution is 5.77. The van der Waals surface area contributed by atoms with Crippen LogP contribution in [0.5, 0.6) is 0 Å². The first-order chi connectivity index (χ1) is 18.9. The highest BCUT2D eigenvalue weighted by Gasteiger charge is 2.19. The van der Waals surface area contributed by atoms with Crippen molar-refractivity contribution in [2.75, 3.05) is 19.0 Å². The SMILES string of the molecule is CCC(C)c1ccc(N(C)c2ccc(-c3ccc(C4=CCC(N(C)C5=CC=C(N)CC5)C=C4)n3C)cc2)cc1. The van der Waals surface area contributed by atoms with Gasteiger partial charge >= 0.3 is 0 Å². The number of hydrogen-bond donors (Lipinski definition) is 1. The highest BCUT2D eigenvalue weighted by Crippen LogP contribution is 2.32. The molecule has 39 heavy (non-hydrogen) atoms. The molecule has 2 unspecified atom stereocenters. The van der Waals surface area contributed by atoms with Crippen LogP contribution < -0.4 is 10.6 Å². The van der Waals surface area contributed by atoms with Crippen LogP contribution in [0.4, 0.5) is 11.4 Å². The number of rotatable bonds is 8. The standard InChI is InChI=1S/C35H42N4/c1-6-25(2)26-7-15-30(16-8-26)37(3)31-17-9-27(10-18-31)34-23-24-35(39(34)5)28-11-19-32(20-12-28)38(4)33-21-13-29(36)14-22-33/h7-13,15-19,21,23-25,32H,6,14,20,22,36H2,1-5H3. The van der Waals surface area contributed by atoms with E-state index in [-0.39, 0.29) is 0 Å². The minimum Gasteiger partial charge on any atom is -0.402 e. The summed E-state index contributed by atoms with van der Waals surface area (Å²) in [5.74, 6) is 0.596. The van der Waals surface area contributed by atoms with Crippen LogP contribution in [0.2, 0.25) is 0 Å². The largest absolute Gasteiger partial charge is 0.402 e. The van der Waals surface area contributed by atoms with Gasteiger partial charge in [-0.25, -0.2) is 0 Å². The van der Waals surface area contributed by atoms with E-state index in [9.17, 15) is 0 Å². The van der Waals surface area contributed by atoms with E-state index in [1.807, 2.05) is 6.08 Å². The zero-order chi connectivity index (χ0) is 27.5. The van der Waals surface area contributed by atoms with Crippen LogP contribution >= 0.6 is 0 Å². The Kier molecular flexibility index (Phi) is 7.83.